The first-order valence-corrected chi connectivity index (χ1v) is 6.20. The van der Waals surface area contributed by atoms with Crippen LogP contribution in [0.15, 0.2) is 16.3 Å². The summed E-state index contributed by atoms with van der Waals surface area (Å²) in [6, 6.07) is 0.874. The summed E-state index contributed by atoms with van der Waals surface area (Å²) in [6.07, 6.45) is 0.0280. The lowest BCUT2D eigenvalue weighted by Crippen LogP contribution is -2.40. The molecule has 1 atom stereocenters. The van der Waals surface area contributed by atoms with Crippen molar-refractivity contribution in [3.8, 4) is 0 Å². The molecule has 1 saturated heterocycles. The second-order valence-electron chi connectivity index (χ2n) is 3.69. The lowest BCUT2D eigenvalue weighted by molar-refractivity contribution is -0.137. The fourth-order valence-corrected chi connectivity index (χ4v) is 2.59. The maximum atomic E-state index is 11.8. The number of amides is 3. The molecule has 1 fully saturated rings. The van der Waals surface area contributed by atoms with Crippen molar-refractivity contribution in [3.63, 3.8) is 0 Å². The van der Waals surface area contributed by atoms with E-state index in [0.29, 0.717) is 9.77 Å². The van der Waals surface area contributed by atoms with Gasteiger partial charge in [-0.2, -0.15) is 0 Å². The first-order chi connectivity index (χ1) is 7.99. The van der Waals surface area contributed by atoms with E-state index in [1.165, 1.54) is 18.4 Å². The van der Waals surface area contributed by atoms with E-state index in [1.807, 2.05) is 0 Å². The molecule has 1 aliphatic rings. The fraction of sp³-hybridized carbons (Fsp3) is 0.300. The molecule has 2 heterocycles. The van der Waals surface area contributed by atoms with Crippen molar-refractivity contribution in [1.29, 1.82) is 0 Å². The topological polar surface area (TPSA) is 66.5 Å². The van der Waals surface area contributed by atoms with Crippen LogP contribution in [-0.2, 0) is 9.59 Å². The minimum atomic E-state index is -0.745. The van der Waals surface area contributed by atoms with Gasteiger partial charge in [0.05, 0.1) is 11.3 Å². The third-order valence-corrected chi connectivity index (χ3v) is 3.86. The molecule has 7 heteroatoms. The molecule has 2 rings (SSSR count). The van der Waals surface area contributed by atoms with Crippen molar-refractivity contribution in [2.45, 2.75) is 17.4 Å². The maximum Gasteiger partial charge on any atom is 0.262 e. The number of thiol groups is 1. The van der Waals surface area contributed by atoms with Crippen LogP contribution in [-0.4, -0.2) is 35.7 Å². The van der Waals surface area contributed by atoms with Crippen LogP contribution in [0.25, 0.3) is 0 Å². The van der Waals surface area contributed by atoms with Gasteiger partial charge in [-0.15, -0.1) is 24.0 Å². The number of nitrogens with zero attached hydrogens (tertiary/aromatic N) is 1. The number of likely N-dealkylation sites (tertiary alicyclic amines) is 1. The summed E-state index contributed by atoms with van der Waals surface area (Å²) in [5.74, 6) is -0.996. The lowest BCUT2D eigenvalue weighted by Gasteiger charge is -2.09. The van der Waals surface area contributed by atoms with Crippen LogP contribution in [0.5, 0.6) is 0 Å². The zero-order valence-corrected chi connectivity index (χ0v) is 10.7. The van der Waals surface area contributed by atoms with Gasteiger partial charge in [-0.25, -0.2) is 0 Å². The largest absolute Gasteiger partial charge is 0.339 e. The Bertz CT molecular complexity index is 497. The Morgan fingerprint density at radius 3 is 2.76 bits per heavy atom. The Morgan fingerprint density at radius 1 is 1.59 bits per heavy atom. The van der Waals surface area contributed by atoms with E-state index < -0.39 is 6.04 Å². The van der Waals surface area contributed by atoms with Gasteiger partial charge in [0, 0.05) is 17.3 Å². The molecule has 1 unspecified atom stereocenters. The highest BCUT2D eigenvalue weighted by atomic mass is 32.1. The van der Waals surface area contributed by atoms with Gasteiger partial charge in [-0.1, -0.05) is 0 Å². The third-order valence-electron chi connectivity index (χ3n) is 2.50. The summed E-state index contributed by atoms with van der Waals surface area (Å²) in [7, 11) is 1.41. The molecule has 0 saturated carbocycles. The highest BCUT2D eigenvalue weighted by Crippen LogP contribution is 2.18. The zero-order chi connectivity index (χ0) is 12.6. The molecule has 1 aromatic rings. The van der Waals surface area contributed by atoms with Crippen LogP contribution in [0.4, 0.5) is 0 Å². The smallest absolute Gasteiger partial charge is 0.262 e. The fourth-order valence-electron chi connectivity index (χ4n) is 1.54. The molecule has 1 aliphatic heterocycles. The van der Waals surface area contributed by atoms with Gasteiger partial charge < -0.3 is 5.32 Å². The summed E-state index contributed by atoms with van der Waals surface area (Å²) in [6.45, 7) is 0. The molecule has 0 spiro atoms. The first kappa shape index (κ1) is 12.1. The molecule has 3 amide bonds. The predicted octanol–water partition coefficient (Wildman–Crippen LogP) is 0.524. The van der Waals surface area contributed by atoms with Crippen molar-refractivity contribution in [1.82, 2.24) is 10.2 Å². The van der Waals surface area contributed by atoms with E-state index in [0.717, 1.165) is 4.90 Å². The zero-order valence-electron chi connectivity index (χ0n) is 8.97. The second-order valence-corrected chi connectivity index (χ2v) is 5.12. The molecule has 90 valence electrons. The van der Waals surface area contributed by atoms with Gasteiger partial charge in [-0.05, 0) is 6.07 Å². The maximum absolute atomic E-state index is 11.8. The molecular weight excluding hydrogens is 260 g/mol. The predicted molar refractivity (Wildman–Crippen MR) is 65.2 cm³/mol. The number of imide groups is 1. The van der Waals surface area contributed by atoms with E-state index in [1.54, 1.807) is 11.4 Å². The van der Waals surface area contributed by atoms with Crippen LogP contribution in [0, 0.1) is 0 Å². The highest BCUT2D eigenvalue weighted by molar-refractivity contribution is 7.80. The van der Waals surface area contributed by atoms with Crippen molar-refractivity contribution in [3.05, 3.63) is 16.3 Å². The molecule has 0 radical (unpaired) electrons. The summed E-state index contributed by atoms with van der Waals surface area (Å²) >= 11 is 5.34. The van der Waals surface area contributed by atoms with Crippen LogP contribution in [0.3, 0.4) is 0 Å². The monoisotopic (exact) mass is 270 g/mol. The Labute approximate surface area is 107 Å². The normalized spacial score (nSPS) is 19.9. The molecule has 17 heavy (non-hydrogen) atoms. The summed E-state index contributed by atoms with van der Waals surface area (Å²) in [5, 5.41) is 4.27. The third kappa shape index (κ3) is 2.34. The highest BCUT2D eigenvalue weighted by Gasteiger charge is 2.37. The van der Waals surface area contributed by atoms with Crippen molar-refractivity contribution < 1.29 is 14.4 Å². The van der Waals surface area contributed by atoms with Crippen molar-refractivity contribution in [2.24, 2.45) is 0 Å². The Balaban J connectivity index is 2.05. The molecular formula is C10H10N2O3S2. The standard InChI is InChI=1S/C10H10N2O3S2/c1-12-8(13)3-6(10(12)15)11-9(14)7-2-5(16)4-17-7/h2,4,6,16H,3H2,1H3,(H,11,14). The number of nitrogens with one attached hydrogen (secondary N) is 1. The van der Waals surface area contributed by atoms with E-state index >= 15 is 0 Å². The number of hydrogen-bond acceptors (Lipinski definition) is 5. The van der Waals surface area contributed by atoms with Gasteiger partial charge in [0.1, 0.15) is 6.04 Å². The van der Waals surface area contributed by atoms with E-state index in [4.69, 9.17) is 0 Å². The molecule has 5 nitrogen and oxygen atoms in total. The van der Waals surface area contributed by atoms with E-state index in [2.05, 4.69) is 17.9 Å². The number of carbonyl (C=O) groups is 3. The van der Waals surface area contributed by atoms with Crippen LogP contribution in [0.1, 0.15) is 16.1 Å². The Kier molecular flexibility index (Phi) is 3.21. The average molecular weight is 270 g/mol. The Hall–Kier alpha value is -1.34. The van der Waals surface area contributed by atoms with Crippen LogP contribution in [0.2, 0.25) is 0 Å². The summed E-state index contributed by atoms with van der Waals surface area (Å²) in [5.41, 5.74) is 0. The van der Waals surface area contributed by atoms with Crippen LogP contribution < -0.4 is 5.32 Å². The molecule has 1 N–H and O–H groups in total. The van der Waals surface area contributed by atoms with E-state index in [9.17, 15) is 14.4 Å². The number of likely N-dealkylation sites (N-methyl/N-ethyl adjacent to an activating group) is 1. The SMILES string of the molecule is CN1C(=O)CC(NC(=O)c2cc(S)cs2)C1=O. The molecule has 0 aliphatic carbocycles. The number of hydrogen-bond donors (Lipinski definition) is 2. The quantitative estimate of drug-likeness (QED) is 0.608. The molecule has 1 aromatic heterocycles. The molecule has 0 bridgehead atoms. The van der Waals surface area contributed by atoms with Gasteiger partial charge in [0.25, 0.3) is 11.8 Å². The number of rotatable bonds is 2. The van der Waals surface area contributed by atoms with Gasteiger partial charge >= 0.3 is 0 Å². The van der Waals surface area contributed by atoms with Gasteiger partial charge in [0.2, 0.25) is 5.91 Å². The van der Waals surface area contributed by atoms with Gasteiger partial charge in [-0.3, -0.25) is 19.3 Å². The van der Waals surface area contributed by atoms with Crippen molar-refractivity contribution >= 4 is 41.7 Å². The minimum Gasteiger partial charge on any atom is -0.339 e. The number of thiophene rings is 1. The lowest BCUT2D eigenvalue weighted by atomic mass is 10.2. The van der Waals surface area contributed by atoms with Crippen molar-refractivity contribution in [2.75, 3.05) is 7.05 Å². The Morgan fingerprint density at radius 2 is 2.29 bits per heavy atom. The summed E-state index contributed by atoms with van der Waals surface area (Å²) in [4.78, 5) is 36.8. The average Bonchev–Trinajstić information content (AvgIpc) is 2.80. The van der Waals surface area contributed by atoms with Crippen LogP contribution >= 0.6 is 24.0 Å². The summed E-state index contributed by atoms with van der Waals surface area (Å²) < 4.78 is 0. The first-order valence-electron chi connectivity index (χ1n) is 4.88. The van der Waals surface area contributed by atoms with Gasteiger partial charge in [0.15, 0.2) is 0 Å². The molecule has 0 aromatic carbocycles. The van der Waals surface area contributed by atoms with E-state index in [-0.39, 0.29) is 24.1 Å². The second kappa shape index (κ2) is 4.50. The number of carbonyl (C=O) groups excluding carboxylic acids is 3. The minimum absolute atomic E-state index is 0.0280.